The van der Waals surface area contributed by atoms with E-state index >= 15 is 0 Å². The van der Waals surface area contributed by atoms with Gasteiger partial charge in [-0.25, -0.2) is 0 Å². The molecule has 0 aromatic heterocycles. The highest BCUT2D eigenvalue weighted by molar-refractivity contribution is 7.80. The molecule has 1 aliphatic heterocycles. The lowest BCUT2D eigenvalue weighted by Gasteiger charge is -2.24. The lowest BCUT2D eigenvalue weighted by atomic mass is 9.87. The van der Waals surface area contributed by atoms with Gasteiger partial charge in [-0.15, -0.1) is 0 Å². The molecule has 3 heteroatoms. The van der Waals surface area contributed by atoms with Crippen LogP contribution in [0.4, 0.5) is 0 Å². The number of carbonyl (C=O) groups excluding carboxylic acids is 1. The number of hydrogen-bond donors (Lipinski definition) is 0. The third-order valence-corrected chi connectivity index (χ3v) is 4.80. The molecule has 0 saturated heterocycles. The fraction of sp³-hybridized carbons (Fsp3) is 0.500. The van der Waals surface area contributed by atoms with Crippen LogP contribution in [-0.2, 0) is 0 Å². The molecule has 1 aromatic carbocycles. The van der Waals surface area contributed by atoms with Crippen LogP contribution in [0.2, 0.25) is 0 Å². The van der Waals surface area contributed by atoms with Crippen molar-refractivity contribution in [2.45, 2.75) is 38.5 Å². The van der Waals surface area contributed by atoms with Crippen molar-refractivity contribution >= 4 is 23.1 Å². The molecule has 0 spiro atoms. The van der Waals surface area contributed by atoms with E-state index in [9.17, 15) is 4.79 Å². The Balaban J connectivity index is 1.67. The van der Waals surface area contributed by atoms with Gasteiger partial charge < -0.3 is 0 Å². The third-order valence-electron chi connectivity index (χ3n) is 4.36. The van der Waals surface area contributed by atoms with Crippen molar-refractivity contribution in [3.63, 3.8) is 0 Å². The first-order valence-corrected chi connectivity index (χ1v) is 7.63. The number of nitrogens with zero attached hydrogens (tertiary/aromatic N) is 1. The fourth-order valence-corrected chi connectivity index (χ4v) is 3.58. The van der Waals surface area contributed by atoms with E-state index < -0.39 is 0 Å². The second kappa shape index (κ2) is 5.41. The van der Waals surface area contributed by atoms with Crippen molar-refractivity contribution in [2.24, 2.45) is 5.92 Å². The molecule has 0 radical (unpaired) electrons. The van der Waals surface area contributed by atoms with Crippen LogP contribution < -0.4 is 0 Å². The average Bonchev–Trinajstić information content (AvgIpc) is 2.71. The highest BCUT2D eigenvalue weighted by atomic mass is 32.1. The quantitative estimate of drug-likeness (QED) is 0.781. The first-order valence-electron chi connectivity index (χ1n) is 7.22. The zero-order valence-electron chi connectivity index (χ0n) is 11.1. The van der Waals surface area contributed by atoms with Crippen molar-refractivity contribution in [3.05, 3.63) is 35.4 Å². The Bertz CT molecular complexity index is 470. The van der Waals surface area contributed by atoms with E-state index in [4.69, 9.17) is 12.2 Å². The van der Waals surface area contributed by atoms with Gasteiger partial charge in [-0.2, -0.15) is 0 Å². The van der Waals surface area contributed by atoms with Gasteiger partial charge in [0.25, 0.3) is 5.91 Å². The topological polar surface area (TPSA) is 20.3 Å². The Labute approximate surface area is 119 Å². The van der Waals surface area contributed by atoms with Gasteiger partial charge >= 0.3 is 0 Å². The maximum Gasteiger partial charge on any atom is 0.259 e. The molecule has 19 heavy (non-hydrogen) atoms. The summed E-state index contributed by atoms with van der Waals surface area (Å²) in [6.45, 7) is 0.789. The predicted octanol–water partition coefficient (Wildman–Crippen LogP) is 3.79. The van der Waals surface area contributed by atoms with Gasteiger partial charge in [0.15, 0.2) is 0 Å². The summed E-state index contributed by atoms with van der Waals surface area (Å²) in [6, 6.07) is 7.69. The summed E-state index contributed by atoms with van der Waals surface area (Å²) in [5.41, 5.74) is 1.71. The van der Waals surface area contributed by atoms with Crippen molar-refractivity contribution in [1.82, 2.24) is 4.90 Å². The molecule has 0 unspecified atom stereocenters. The van der Waals surface area contributed by atoms with E-state index in [2.05, 4.69) is 0 Å². The Morgan fingerprint density at radius 1 is 1.11 bits per heavy atom. The Kier molecular flexibility index (Phi) is 3.65. The van der Waals surface area contributed by atoms with Gasteiger partial charge in [0.05, 0.1) is 5.56 Å². The van der Waals surface area contributed by atoms with Crippen molar-refractivity contribution < 1.29 is 4.79 Å². The normalized spacial score (nSPS) is 19.9. The van der Waals surface area contributed by atoms with Gasteiger partial charge in [-0.05, 0) is 18.4 Å². The number of rotatable bonds is 3. The standard InChI is InChI=1S/C16H19NOS/c18-15-13-8-4-5-9-14(13)16(19)17(15)11-10-12-6-2-1-3-7-12/h4-5,8-9,12H,1-3,6-7,10-11H2. The molecule has 1 saturated carbocycles. The van der Waals surface area contributed by atoms with Crippen molar-refractivity contribution in [1.29, 1.82) is 0 Å². The molecular weight excluding hydrogens is 254 g/mol. The molecule has 2 nitrogen and oxygen atoms in total. The Hall–Kier alpha value is -1.22. The summed E-state index contributed by atoms with van der Waals surface area (Å²) in [7, 11) is 0. The molecule has 100 valence electrons. The minimum absolute atomic E-state index is 0.0939. The molecule has 1 aliphatic carbocycles. The maximum atomic E-state index is 12.3. The third kappa shape index (κ3) is 2.44. The summed E-state index contributed by atoms with van der Waals surface area (Å²) >= 11 is 5.44. The van der Waals surface area contributed by atoms with Crippen LogP contribution in [-0.4, -0.2) is 22.3 Å². The summed E-state index contributed by atoms with van der Waals surface area (Å²) in [6.07, 6.45) is 7.82. The second-order valence-corrected chi connectivity index (χ2v) is 5.99. The molecule has 1 heterocycles. The van der Waals surface area contributed by atoms with Crippen LogP contribution >= 0.6 is 12.2 Å². The molecule has 0 atom stereocenters. The summed E-state index contributed by atoms with van der Waals surface area (Å²) in [4.78, 5) is 14.8. The number of carbonyl (C=O) groups is 1. The predicted molar refractivity (Wildman–Crippen MR) is 80.4 cm³/mol. The second-order valence-electron chi connectivity index (χ2n) is 5.60. The van der Waals surface area contributed by atoms with Gasteiger partial charge in [0.2, 0.25) is 0 Å². The SMILES string of the molecule is O=C1c2ccccc2C(=S)N1CCC1CCCCC1. The Morgan fingerprint density at radius 2 is 1.79 bits per heavy atom. The lowest BCUT2D eigenvalue weighted by Crippen LogP contribution is -2.31. The summed E-state index contributed by atoms with van der Waals surface area (Å²) in [5, 5.41) is 0. The molecule has 0 bridgehead atoms. The largest absolute Gasteiger partial charge is 0.298 e. The van der Waals surface area contributed by atoms with Crippen LogP contribution in [0.15, 0.2) is 24.3 Å². The number of hydrogen-bond acceptors (Lipinski definition) is 2. The van der Waals surface area contributed by atoms with Crippen molar-refractivity contribution in [3.8, 4) is 0 Å². The van der Waals surface area contributed by atoms with Gasteiger partial charge in [0.1, 0.15) is 4.99 Å². The minimum Gasteiger partial charge on any atom is -0.298 e. The molecule has 3 rings (SSSR count). The van der Waals surface area contributed by atoms with Crippen LogP contribution in [0.3, 0.4) is 0 Å². The van der Waals surface area contributed by atoms with Crippen LogP contribution in [0.25, 0.3) is 0 Å². The first kappa shape index (κ1) is 12.8. The molecule has 2 aliphatic rings. The zero-order valence-corrected chi connectivity index (χ0v) is 11.9. The fourth-order valence-electron chi connectivity index (χ4n) is 3.23. The lowest BCUT2D eigenvalue weighted by molar-refractivity contribution is 0.0854. The van der Waals surface area contributed by atoms with Crippen molar-refractivity contribution in [2.75, 3.05) is 6.54 Å². The van der Waals surface area contributed by atoms with E-state index in [1.165, 1.54) is 32.1 Å². The van der Waals surface area contributed by atoms with E-state index in [0.717, 1.165) is 35.0 Å². The Morgan fingerprint density at radius 3 is 2.47 bits per heavy atom. The highest BCUT2D eigenvalue weighted by Gasteiger charge is 2.32. The van der Waals surface area contributed by atoms with Crippen LogP contribution in [0.1, 0.15) is 54.4 Å². The van der Waals surface area contributed by atoms with E-state index in [0.29, 0.717) is 0 Å². The summed E-state index contributed by atoms with van der Waals surface area (Å²) in [5.74, 6) is 0.879. The molecule has 1 amide bonds. The van der Waals surface area contributed by atoms with E-state index in [1.807, 2.05) is 24.3 Å². The average molecular weight is 273 g/mol. The number of thiocarbonyl (C=S) groups is 1. The summed E-state index contributed by atoms with van der Waals surface area (Å²) < 4.78 is 0. The molecular formula is C16H19NOS. The van der Waals surface area contributed by atoms with Crippen LogP contribution in [0.5, 0.6) is 0 Å². The molecule has 1 aromatic rings. The van der Waals surface area contributed by atoms with Gasteiger partial charge in [-0.1, -0.05) is 62.5 Å². The minimum atomic E-state index is 0.0939. The molecule has 1 fully saturated rings. The monoisotopic (exact) mass is 273 g/mol. The molecule has 0 N–H and O–H groups in total. The number of benzene rings is 1. The first-order chi connectivity index (χ1) is 9.27. The van der Waals surface area contributed by atoms with E-state index in [-0.39, 0.29) is 5.91 Å². The maximum absolute atomic E-state index is 12.3. The van der Waals surface area contributed by atoms with Crippen LogP contribution in [0, 0.1) is 5.92 Å². The van der Waals surface area contributed by atoms with Gasteiger partial charge in [0, 0.05) is 12.1 Å². The zero-order chi connectivity index (χ0) is 13.2. The number of fused-ring (bicyclic) bond motifs is 1. The number of amides is 1. The smallest absolute Gasteiger partial charge is 0.259 e. The van der Waals surface area contributed by atoms with E-state index in [1.54, 1.807) is 4.90 Å². The van der Waals surface area contributed by atoms with Gasteiger partial charge in [-0.3, -0.25) is 9.69 Å². The highest BCUT2D eigenvalue weighted by Crippen LogP contribution is 2.29.